The van der Waals surface area contributed by atoms with Gasteiger partial charge in [-0.15, -0.1) is 0 Å². The lowest BCUT2D eigenvalue weighted by Crippen LogP contribution is -2.42. The van der Waals surface area contributed by atoms with Gasteiger partial charge in [0, 0.05) is 24.1 Å². The summed E-state index contributed by atoms with van der Waals surface area (Å²) < 4.78 is 32.9. The van der Waals surface area contributed by atoms with E-state index < -0.39 is 11.7 Å². The molecule has 3 nitrogen and oxygen atoms in total. The number of hydrogen-bond donors (Lipinski definition) is 1. The molecule has 25 heavy (non-hydrogen) atoms. The Morgan fingerprint density at radius 1 is 0.960 bits per heavy atom. The van der Waals surface area contributed by atoms with E-state index in [0.717, 1.165) is 25.7 Å². The summed E-state index contributed by atoms with van der Waals surface area (Å²) in [6, 6.07) is 12.0. The fourth-order valence-electron chi connectivity index (χ4n) is 3.76. The van der Waals surface area contributed by atoms with Crippen LogP contribution in [0.5, 0.6) is 0 Å². The topological polar surface area (TPSA) is 38.3 Å². The van der Waals surface area contributed by atoms with E-state index in [0.29, 0.717) is 11.1 Å². The van der Waals surface area contributed by atoms with E-state index in [9.17, 15) is 13.6 Å². The predicted molar refractivity (Wildman–Crippen MR) is 91.1 cm³/mol. The van der Waals surface area contributed by atoms with Gasteiger partial charge in [0.1, 0.15) is 11.6 Å². The van der Waals surface area contributed by atoms with Crippen molar-refractivity contribution in [3.8, 4) is 0 Å². The van der Waals surface area contributed by atoms with E-state index in [2.05, 4.69) is 5.32 Å². The highest BCUT2D eigenvalue weighted by molar-refractivity contribution is 5.68. The highest BCUT2D eigenvalue weighted by Crippen LogP contribution is 2.48. The zero-order valence-electron chi connectivity index (χ0n) is 14.1. The smallest absolute Gasteiger partial charge is 0.408 e. The molecule has 1 aliphatic carbocycles. The van der Waals surface area contributed by atoms with Gasteiger partial charge in [0.05, 0.1) is 0 Å². The maximum atomic E-state index is 13.5. The highest BCUT2D eigenvalue weighted by Gasteiger charge is 2.46. The molecular weight excluding hydrogens is 324 g/mol. The minimum atomic E-state index is -1.07. The third kappa shape index (κ3) is 3.36. The Balaban J connectivity index is 2.19. The van der Waals surface area contributed by atoms with Crippen molar-refractivity contribution >= 4 is 6.09 Å². The summed E-state index contributed by atoms with van der Waals surface area (Å²) in [4.78, 5) is 12.2. The second kappa shape index (κ2) is 7.21. The largest absolute Gasteiger partial charge is 0.433 e. The molecule has 1 N–H and O–H groups in total. The third-order valence-electron chi connectivity index (χ3n) is 4.93. The average molecular weight is 345 g/mol. The number of amides is 1. The van der Waals surface area contributed by atoms with Crippen molar-refractivity contribution in [2.75, 3.05) is 7.05 Å². The molecule has 2 aromatic rings. The maximum Gasteiger partial charge on any atom is 0.408 e. The third-order valence-corrected chi connectivity index (χ3v) is 4.93. The van der Waals surface area contributed by atoms with Crippen LogP contribution in [-0.2, 0) is 10.3 Å². The molecular formula is C20H21F2NO2. The SMILES string of the molecule is CNC(=O)OC(c1ccc(F)cc1)(c1ccc(F)cc1)C1CCCC1. The van der Waals surface area contributed by atoms with Crippen LogP contribution in [0.2, 0.25) is 0 Å². The molecule has 5 heteroatoms. The van der Waals surface area contributed by atoms with Crippen LogP contribution < -0.4 is 5.32 Å². The normalized spacial score (nSPS) is 15.2. The summed E-state index contributed by atoms with van der Waals surface area (Å²) in [7, 11) is 1.50. The van der Waals surface area contributed by atoms with Gasteiger partial charge < -0.3 is 10.1 Å². The second-order valence-corrected chi connectivity index (χ2v) is 6.37. The van der Waals surface area contributed by atoms with Crippen LogP contribution in [0.4, 0.5) is 13.6 Å². The summed E-state index contributed by atoms with van der Waals surface area (Å²) in [6.07, 6.45) is 3.26. The predicted octanol–water partition coefficient (Wildman–Crippen LogP) is 4.75. The van der Waals surface area contributed by atoms with Crippen LogP contribution in [0.3, 0.4) is 0 Å². The molecule has 0 spiro atoms. The first-order valence-corrected chi connectivity index (χ1v) is 8.49. The van der Waals surface area contributed by atoms with E-state index in [-0.39, 0.29) is 17.6 Å². The summed E-state index contributed by atoms with van der Waals surface area (Å²) in [5.41, 5.74) is 0.310. The van der Waals surface area contributed by atoms with Crippen LogP contribution in [0.15, 0.2) is 48.5 Å². The first-order valence-electron chi connectivity index (χ1n) is 8.49. The number of alkyl carbamates (subject to hydrolysis) is 1. The first-order chi connectivity index (χ1) is 12.1. The molecule has 0 radical (unpaired) electrons. The summed E-state index contributed by atoms with van der Waals surface area (Å²) in [5, 5.41) is 2.50. The molecule has 0 unspecified atom stereocenters. The van der Waals surface area contributed by atoms with Crippen molar-refractivity contribution in [3.05, 3.63) is 71.3 Å². The summed E-state index contributed by atoms with van der Waals surface area (Å²) in [5.74, 6) is -0.674. The van der Waals surface area contributed by atoms with Gasteiger partial charge in [-0.05, 0) is 37.1 Å². The maximum absolute atomic E-state index is 13.5. The lowest BCUT2D eigenvalue weighted by molar-refractivity contribution is -0.00473. The number of nitrogens with one attached hydrogen (secondary N) is 1. The van der Waals surface area contributed by atoms with E-state index in [1.54, 1.807) is 24.3 Å². The van der Waals surface area contributed by atoms with E-state index in [4.69, 9.17) is 4.74 Å². The number of carbonyl (C=O) groups is 1. The molecule has 1 amide bonds. The molecule has 0 aliphatic heterocycles. The van der Waals surface area contributed by atoms with E-state index in [1.165, 1.54) is 31.3 Å². The van der Waals surface area contributed by atoms with Crippen molar-refractivity contribution in [2.45, 2.75) is 31.3 Å². The molecule has 1 aliphatic rings. The number of benzene rings is 2. The molecule has 1 fully saturated rings. The van der Waals surface area contributed by atoms with Gasteiger partial charge >= 0.3 is 6.09 Å². The minimum absolute atomic E-state index is 0.0423. The lowest BCUT2D eigenvalue weighted by Gasteiger charge is -2.39. The Morgan fingerprint density at radius 3 is 1.80 bits per heavy atom. The molecule has 132 valence electrons. The van der Waals surface area contributed by atoms with Gasteiger partial charge in [-0.3, -0.25) is 0 Å². The van der Waals surface area contributed by atoms with E-state index in [1.807, 2.05) is 0 Å². The van der Waals surface area contributed by atoms with Crippen molar-refractivity contribution in [1.29, 1.82) is 0 Å². The van der Waals surface area contributed by atoms with Crippen molar-refractivity contribution in [1.82, 2.24) is 5.32 Å². The van der Waals surface area contributed by atoms with Gasteiger partial charge in [-0.2, -0.15) is 0 Å². The standard InChI is InChI=1S/C20H21F2NO2/c1-23-19(24)25-20(14-4-2-3-5-14,15-6-10-17(21)11-7-15)16-8-12-18(22)13-9-16/h6-14H,2-5H2,1H3,(H,23,24). The molecule has 0 aromatic heterocycles. The number of carbonyl (C=O) groups excluding carboxylic acids is 1. The zero-order chi connectivity index (χ0) is 17.9. The fraction of sp³-hybridized carbons (Fsp3) is 0.350. The van der Waals surface area contributed by atoms with Gasteiger partial charge in [0.2, 0.25) is 0 Å². The van der Waals surface area contributed by atoms with Gasteiger partial charge in [-0.25, -0.2) is 13.6 Å². The second-order valence-electron chi connectivity index (χ2n) is 6.37. The number of halogens is 2. The van der Waals surface area contributed by atoms with Crippen LogP contribution in [0.1, 0.15) is 36.8 Å². The minimum Gasteiger partial charge on any atom is -0.433 e. The van der Waals surface area contributed by atoms with Crippen molar-refractivity contribution in [2.24, 2.45) is 5.92 Å². The molecule has 0 bridgehead atoms. The summed E-state index contributed by atoms with van der Waals surface area (Å²) >= 11 is 0. The van der Waals surface area contributed by atoms with Crippen molar-refractivity contribution in [3.63, 3.8) is 0 Å². The first kappa shape index (κ1) is 17.4. The van der Waals surface area contributed by atoms with Crippen LogP contribution >= 0.6 is 0 Å². The highest BCUT2D eigenvalue weighted by atomic mass is 19.1. The van der Waals surface area contributed by atoms with Crippen molar-refractivity contribution < 1.29 is 18.3 Å². The Labute approximate surface area is 146 Å². The zero-order valence-corrected chi connectivity index (χ0v) is 14.1. The Kier molecular flexibility index (Phi) is 5.02. The van der Waals surface area contributed by atoms with Gasteiger partial charge in [0.25, 0.3) is 0 Å². The Bertz CT molecular complexity index is 677. The number of hydrogen-bond acceptors (Lipinski definition) is 2. The Hall–Kier alpha value is -2.43. The number of rotatable bonds is 4. The molecule has 0 heterocycles. The van der Waals surface area contributed by atoms with Crippen LogP contribution in [0, 0.1) is 17.6 Å². The van der Waals surface area contributed by atoms with E-state index >= 15 is 0 Å². The summed E-state index contributed by atoms with van der Waals surface area (Å²) in [6.45, 7) is 0. The van der Waals surface area contributed by atoms with Crippen LogP contribution in [0.25, 0.3) is 0 Å². The Morgan fingerprint density at radius 2 is 1.40 bits per heavy atom. The fourth-order valence-corrected chi connectivity index (χ4v) is 3.76. The average Bonchev–Trinajstić information content (AvgIpc) is 3.16. The molecule has 2 aromatic carbocycles. The van der Waals surface area contributed by atoms with Gasteiger partial charge in [-0.1, -0.05) is 37.1 Å². The number of ether oxygens (including phenoxy) is 1. The molecule has 0 atom stereocenters. The lowest BCUT2D eigenvalue weighted by atomic mass is 9.75. The monoisotopic (exact) mass is 345 g/mol. The molecule has 1 saturated carbocycles. The molecule has 3 rings (SSSR count). The van der Waals surface area contributed by atoms with Gasteiger partial charge in [0.15, 0.2) is 5.60 Å². The van der Waals surface area contributed by atoms with Crippen LogP contribution in [-0.4, -0.2) is 13.1 Å². The molecule has 0 saturated heterocycles. The quantitative estimate of drug-likeness (QED) is 0.868.